The monoisotopic (exact) mass is 435 g/mol. The van der Waals surface area contributed by atoms with Gasteiger partial charge in [-0.2, -0.15) is 15.0 Å². The van der Waals surface area contributed by atoms with Gasteiger partial charge in [0.2, 0.25) is 5.88 Å². The summed E-state index contributed by atoms with van der Waals surface area (Å²) < 4.78 is 5.94. The molecule has 2 aromatic heterocycles. The lowest BCUT2D eigenvalue weighted by atomic mass is 9.75. The Labute approximate surface area is 187 Å². The van der Waals surface area contributed by atoms with Crippen LogP contribution in [-0.2, 0) is 7.05 Å². The second-order valence-corrected chi connectivity index (χ2v) is 9.76. The first-order valence-corrected chi connectivity index (χ1v) is 11.2. The minimum atomic E-state index is -0.621. The molecule has 2 fully saturated rings. The molecule has 2 aliphatic rings. The lowest BCUT2D eigenvalue weighted by Gasteiger charge is -2.35. The number of carbonyl (C=O) groups excluding carboxylic acids is 1. The van der Waals surface area contributed by atoms with E-state index in [1.807, 2.05) is 19.9 Å². The van der Waals surface area contributed by atoms with Gasteiger partial charge in [-0.3, -0.25) is 4.79 Å². The predicted octanol–water partition coefficient (Wildman–Crippen LogP) is 3.32. The van der Waals surface area contributed by atoms with Crippen LogP contribution in [0.25, 0.3) is 11.0 Å². The number of nitrogens with one attached hydrogen (secondary N) is 1. The zero-order chi connectivity index (χ0) is 22.5. The molecule has 2 N–H and O–H groups in total. The summed E-state index contributed by atoms with van der Waals surface area (Å²) in [5.74, 6) is 2.58. The van der Waals surface area contributed by atoms with Crippen molar-refractivity contribution in [3.05, 3.63) is 42.1 Å². The van der Waals surface area contributed by atoms with E-state index >= 15 is 0 Å². The van der Waals surface area contributed by atoms with Gasteiger partial charge in [-0.05, 0) is 81.0 Å². The van der Waals surface area contributed by atoms with E-state index in [0.717, 1.165) is 24.8 Å². The second-order valence-electron chi connectivity index (χ2n) is 9.76. The highest BCUT2D eigenvalue weighted by atomic mass is 16.5. The van der Waals surface area contributed by atoms with Crippen molar-refractivity contribution in [1.82, 2.24) is 25.3 Å². The molecule has 0 spiro atoms. The quantitative estimate of drug-likeness (QED) is 0.616. The number of pyridine rings is 1. The van der Waals surface area contributed by atoms with E-state index in [9.17, 15) is 9.90 Å². The van der Waals surface area contributed by atoms with Gasteiger partial charge in [-0.1, -0.05) is 0 Å². The maximum atomic E-state index is 13.0. The standard InChI is InChI=1S/C24H29N5O3/c1-24(2,31)19-11-14-9-15(19)10-16(14)13-26-22(30)18-5-4-8-25-23(18)32-17-6-7-20-21(12-17)28-29(3)27-20/h4-8,12,14-16,19,31H,9-11,13H2,1-3H3,(H,26,30). The molecule has 2 heterocycles. The third-order valence-corrected chi connectivity index (χ3v) is 7.12. The molecule has 4 unspecified atom stereocenters. The van der Waals surface area contributed by atoms with Crippen LogP contribution in [0.1, 0.15) is 43.5 Å². The van der Waals surface area contributed by atoms with Crippen molar-refractivity contribution in [2.75, 3.05) is 6.54 Å². The lowest BCUT2D eigenvalue weighted by molar-refractivity contribution is -0.0134. The van der Waals surface area contributed by atoms with E-state index in [2.05, 4.69) is 20.5 Å². The number of benzene rings is 1. The molecule has 3 aromatic rings. The summed E-state index contributed by atoms with van der Waals surface area (Å²) in [6.07, 6.45) is 4.87. The Morgan fingerprint density at radius 1 is 1.19 bits per heavy atom. The van der Waals surface area contributed by atoms with E-state index in [1.165, 1.54) is 4.80 Å². The average molecular weight is 436 g/mol. The number of ether oxygens (including phenoxy) is 1. The van der Waals surface area contributed by atoms with Crippen LogP contribution in [-0.4, -0.2) is 43.1 Å². The van der Waals surface area contributed by atoms with Gasteiger partial charge in [0.25, 0.3) is 5.91 Å². The molecular weight excluding hydrogens is 406 g/mol. The summed E-state index contributed by atoms with van der Waals surface area (Å²) in [5.41, 5.74) is 1.28. The Morgan fingerprint density at radius 3 is 2.75 bits per heavy atom. The molecule has 4 atom stereocenters. The fraction of sp³-hybridized carbons (Fsp3) is 0.500. The molecule has 1 amide bonds. The number of nitrogens with zero attached hydrogens (tertiary/aromatic N) is 4. The molecule has 0 radical (unpaired) electrons. The van der Waals surface area contributed by atoms with Crippen molar-refractivity contribution in [3.63, 3.8) is 0 Å². The number of carbonyl (C=O) groups is 1. The van der Waals surface area contributed by atoms with Gasteiger partial charge >= 0.3 is 0 Å². The summed E-state index contributed by atoms with van der Waals surface area (Å²) in [6, 6.07) is 8.87. The van der Waals surface area contributed by atoms with Gasteiger partial charge in [-0.25, -0.2) is 4.98 Å². The van der Waals surface area contributed by atoms with Crippen LogP contribution in [0.3, 0.4) is 0 Å². The van der Waals surface area contributed by atoms with Crippen LogP contribution < -0.4 is 10.1 Å². The first-order valence-electron chi connectivity index (χ1n) is 11.2. The molecule has 168 valence electrons. The average Bonchev–Trinajstić information content (AvgIpc) is 3.44. The van der Waals surface area contributed by atoms with Crippen molar-refractivity contribution in [2.45, 2.75) is 38.7 Å². The summed E-state index contributed by atoms with van der Waals surface area (Å²) in [4.78, 5) is 18.8. The molecule has 0 saturated heterocycles. The smallest absolute Gasteiger partial charge is 0.256 e. The minimum absolute atomic E-state index is 0.185. The topological polar surface area (TPSA) is 102 Å². The first-order chi connectivity index (χ1) is 15.3. The highest BCUT2D eigenvalue weighted by Crippen LogP contribution is 2.54. The lowest BCUT2D eigenvalue weighted by Crippen LogP contribution is -2.38. The summed E-state index contributed by atoms with van der Waals surface area (Å²) in [6.45, 7) is 4.47. The SMILES string of the molecule is Cn1nc2ccc(Oc3ncccc3C(=O)NCC3CC4CC3CC4C(C)(C)O)cc2n1. The van der Waals surface area contributed by atoms with Crippen molar-refractivity contribution >= 4 is 16.9 Å². The molecule has 2 saturated carbocycles. The van der Waals surface area contributed by atoms with Gasteiger partial charge in [-0.15, -0.1) is 0 Å². The predicted molar refractivity (Wildman–Crippen MR) is 119 cm³/mol. The van der Waals surface area contributed by atoms with Gasteiger partial charge in [0.1, 0.15) is 22.3 Å². The molecule has 8 nitrogen and oxygen atoms in total. The first kappa shape index (κ1) is 20.9. The number of aliphatic hydroxyl groups is 1. The van der Waals surface area contributed by atoms with E-state index in [0.29, 0.717) is 47.0 Å². The number of hydrogen-bond acceptors (Lipinski definition) is 6. The number of amides is 1. The zero-order valence-corrected chi connectivity index (χ0v) is 18.7. The number of rotatable bonds is 6. The normalized spacial score (nSPS) is 24.8. The Bertz CT molecular complexity index is 1150. The number of fused-ring (bicyclic) bond motifs is 3. The Hall–Kier alpha value is -3.00. The van der Waals surface area contributed by atoms with Crippen LogP contribution in [0.5, 0.6) is 11.6 Å². The molecule has 2 bridgehead atoms. The van der Waals surface area contributed by atoms with Crippen LogP contribution >= 0.6 is 0 Å². The summed E-state index contributed by atoms with van der Waals surface area (Å²) >= 11 is 0. The fourth-order valence-corrected chi connectivity index (χ4v) is 5.65. The Balaban J connectivity index is 1.24. The van der Waals surface area contributed by atoms with Crippen LogP contribution in [0.4, 0.5) is 0 Å². The molecule has 0 aliphatic heterocycles. The van der Waals surface area contributed by atoms with Crippen molar-refractivity contribution < 1.29 is 14.6 Å². The van der Waals surface area contributed by atoms with E-state index < -0.39 is 5.60 Å². The summed E-state index contributed by atoms with van der Waals surface area (Å²) in [5, 5.41) is 22.1. The highest BCUT2D eigenvalue weighted by molar-refractivity contribution is 5.96. The molecule has 1 aromatic carbocycles. The van der Waals surface area contributed by atoms with Gasteiger partial charge in [0.15, 0.2) is 0 Å². The van der Waals surface area contributed by atoms with E-state index in [1.54, 1.807) is 37.5 Å². The second kappa shape index (κ2) is 7.85. The summed E-state index contributed by atoms with van der Waals surface area (Å²) in [7, 11) is 1.77. The maximum absolute atomic E-state index is 13.0. The van der Waals surface area contributed by atoms with Crippen LogP contribution in [0.2, 0.25) is 0 Å². The van der Waals surface area contributed by atoms with Crippen LogP contribution in [0, 0.1) is 23.7 Å². The van der Waals surface area contributed by atoms with Crippen molar-refractivity contribution in [2.24, 2.45) is 30.7 Å². The van der Waals surface area contributed by atoms with Crippen molar-refractivity contribution in [3.8, 4) is 11.6 Å². The molecule has 2 aliphatic carbocycles. The number of hydrogen-bond donors (Lipinski definition) is 2. The fourth-order valence-electron chi connectivity index (χ4n) is 5.65. The molecule has 32 heavy (non-hydrogen) atoms. The van der Waals surface area contributed by atoms with Gasteiger partial charge in [0, 0.05) is 25.9 Å². The largest absolute Gasteiger partial charge is 0.438 e. The number of aromatic nitrogens is 4. The minimum Gasteiger partial charge on any atom is -0.438 e. The van der Waals surface area contributed by atoms with Gasteiger partial charge < -0.3 is 15.2 Å². The van der Waals surface area contributed by atoms with E-state index in [-0.39, 0.29) is 11.8 Å². The Morgan fingerprint density at radius 2 is 2.00 bits per heavy atom. The van der Waals surface area contributed by atoms with E-state index in [4.69, 9.17) is 4.74 Å². The van der Waals surface area contributed by atoms with Crippen LogP contribution in [0.15, 0.2) is 36.5 Å². The maximum Gasteiger partial charge on any atom is 0.256 e. The molecule has 8 heteroatoms. The van der Waals surface area contributed by atoms with Crippen molar-refractivity contribution in [1.29, 1.82) is 0 Å². The third-order valence-electron chi connectivity index (χ3n) is 7.12. The zero-order valence-electron chi connectivity index (χ0n) is 18.7. The third kappa shape index (κ3) is 3.95. The highest BCUT2D eigenvalue weighted by Gasteiger charge is 2.50. The molecular formula is C24H29N5O3. The Kier molecular flexibility index (Phi) is 5.12. The van der Waals surface area contributed by atoms with Gasteiger partial charge in [0.05, 0.1) is 5.60 Å². The number of aryl methyl sites for hydroxylation is 1. The molecule has 5 rings (SSSR count).